The zero-order valence-electron chi connectivity index (χ0n) is 21.7. The van der Waals surface area contributed by atoms with Crippen molar-refractivity contribution in [2.24, 2.45) is 7.05 Å². The molecule has 2 aliphatic heterocycles. The predicted molar refractivity (Wildman–Crippen MR) is 147 cm³/mol. The lowest BCUT2D eigenvalue weighted by Crippen LogP contribution is -2.71. The number of rotatable bonds is 9. The summed E-state index contributed by atoms with van der Waals surface area (Å²) in [6, 6.07) is 6.48. The molecular formula is C25H23N7O8S2. The number of nitrogens with zero attached hydrogens (tertiary/aromatic N) is 5. The lowest BCUT2D eigenvalue weighted by Gasteiger charge is -2.49. The van der Waals surface area contributed by atoms with Crippen molar-refractivity contribution in [3.05, 3.63) is 64.9 Å². The molecular weight excluding hydrogens is 590 g/mol. The van der Waals surface area contributed by atoms with E-state index in [1.165, 1.54) is 58.5 Å². The highest BCUT2D eigenvalue weighted by Crippen LogP contribution is 2.41. The molecule has 2 unspecified atom stereocenters. The van der Waals surface area contributed by atoms with Crippen molar-refractivity contribution in [2.75, 3.05) is 11.5 Å². The number of hydrogen-bond donors (Lipinski definition) is 6. The van der Waals surface area contributed by atoms with E-state index in [1.807, 2.05) is 0 Å². The lowest BCUT2D eigenvalue weighted by atomic mass is 10.0. The Kier molecular flexibility index (Phi) is 7.95. The van der Waals surface area contributed by atoms with E-state index < -0.39 is 52.6 Å². The van der Waals surface area contributed by atoms with Crippen LogP contribution in [0.15, 0.2) is 58.9 Å². The molecule has 2 aliphatic rings. The summed E-state index contributed by atoms with van der Waals surface area (Å²) in [6.07, 6.45) is 0. The first-order valence-corrected chi connectivity index (χ1v) is 14.3. The van der Waals surface area contributed by atoms with Crippen molar-refractivity contribution in [1.29, 1.82) is 0 Å². The third-order valence-corrected chi connectivity index (χ3v) is 8.94. The predicted octanol–water partition coefficient (Wildman–Crippen LogP) is 0.329. The summed E-state index contributed by atoms with van der Waals surface area (Å²) in [4.78, 5) is 52.9. The first-order valence-electron chi connectivity index (χ1n) is 12.2. The minimum atomic E-state index is -1.33. The lowest BCUT2D eigenvalue weighted by molar-refractivity contribution is -0.151. The maximum absolute atomic E-state index is 13.5. The van der Waals surface area contributed by atoms with Crippen LogP contribution in [0.2, 0.25) is 0 Å². The highest BCUT2D eigenvalue weighted by atomic mass is 32.2. The second-order valence-electron chi connectivity index (χ2n) is 9.23. The zero-order valence-corrected chi connectivity index (χ0v) is 23.3. The maximum atomic E-state index is 13.5. The van der Waals surface area contributed by atoms with Gasteiger partial charge in [-0.1, -0.05) is 23.9 Å². The van der Waals surface area contributed by atoms with Crippen LogP contribution in [0.4, 0.5) is 0 Å². The molecule has 1 saturated heterocycles. The molecule has 0 bridgehead atoms. The van der Waals surface area contributed by atoms with Gasteiger partial charge < -0.3 is 31.1 Å². The van der Waals surface area contributed by atoms with Crippen molar-refractivity contribution in [1.82, 2.24) is 35.7 Å². The summed E-state index contributed by atoms with van der Waals surface area (Å²) < 4.78 is 1.44. The molecule has 1 aromatic heterocycles. The minimum absolute atomic E-state index is 0.0469. The van der Waals surface area contributed by atoms with Crippen molar-refractivity contribution in [2.45, 2.75) is 22.6 Å². The molecule has 17 heteroatoms. The average Bonchev–Trinajstić information content (AvgIpc) is 3.38. The van der Waals surface area contributed by atoms with E-state index in [-0.39, 0.29) is 34.1 Å². The van der Waals surface area contributed by atoms with E-state index in [1.54, 1.807) is 7.05 Å². The first-order chi connectivity index (χ1) is 20.0. The number of β-lactam (4-membered cyclic amide) rings is 1. The standard InChI is InChI=1S/C25H23N7O8S2/c1-31-25(28-29-30-31)42-10-13-9-41-23-18(22(38)32(23)19(13)24(39)40)27-21(37)17(11-2-5-14(33)6-3-11)26-20(36)12-4-7-15(34)16(35)8-12/h2-8,17-18,23,33-35H,9-10H2,1H3,(H,26,36)(H,27,37)(H,39,40)/t17?,18?,23-/m0/s1. The van der Waals surface area contributed by atoms with E-state index in [0.29, 0.717) is 10.7 Å². The molecule has 3 amide bonds. The largest absolute Gasteiger partial charge is 0.508 e. The van der Waals surface area contributed by atoms with Gasteiger partial charge in [-0.05, 0) is 51.9 Å². The number of tetrazole rings is 1. The first kappa shape index (κ1) is 28.7. The molecule has 5 rings (SSSR count). The fraction of sp³-hybridized carbons (Fsp3) is 0.240. The molecule has 0 spiro atoms. The van der Waals surface area contributed by atoms with Gasteiger partial charge in [0.2, 0.25) is 11.1 Å². The van der Waals surface area contributed by atoms with Gasteiger partial charge in [0.1, 0.15) is 28.9 Å². The van der Waals surface area contributed by atoms with Crippen LogP contribution in [-0.2, 0) is 21.4 Å². The number of hydrogen-bond acceptors (Lipinski definition) is 12. The molecule has 6 N–H and O–H groups in total. The van der Waals surface area contributed by atoms with Crippen molar-refractivity contribution < 1.29 is 39.6 Å². The monoisotopic (exact) mass is 613 g/mol. The summed E-state index contributed by atoms with van der Waals surface area (Å²) >= 11 is 2.51. The van der Waals surface area contributed by atoms with Gasteiger partial charge in [0.05, 0.1) is 0 Å². The van der Waals surface area contributed by atoms with Crippen LogP contribution in [0.1, 0.15) is 22.0 Å². The molecule has 0 saturated carbocycles. The highest BCUT2D eigenvalue weighted by molar-refractivity contribution is 8.01. The number of aryl methyl sites for hydroxylation is 1. The topological polar surface area (TPSA) is 220 Å². The fourth-order valence-corrected chi connectivity index (χ4v) is 6.71. The Balaban J connectivity index is 1.33. The summed E-state index contributed by atoms with van der Waals surface area (Å²) in [5, 5.41) is 55.0. The number of fused-ring (bicyclic) bond motifs is 1. The number of carbonyl (C=O) groups excluding carboxylic acids is 3. The number of carboxylic acid groups (broad SMARTS) is 1. The Labute approximate surface area is 245 Å². The Bertz CT molecular complexity index is 1610. The molecule has 2 aromatic carbocycles. The van der Waals surface area contributed by atoms with Gasteiger partial charge in [0, 0.05) is 24.1 Å². The second kappa shape index (κ2) is 11.6. The number of nitrogens with one attached hydrogen (secondary N) is 2. The van der Waals surface area contributed by atoms with E-state index >= 15 is 0 Å². The quantitative estimate of drug-likeness (QED) is 0.109. The van der Waals surface area contributed by atoms with Crippen molar-refractivity contribution in [3.63, 3.8) is 0 Å². The molecule has 15 nitrogen and oxygen atoms in total. The second-order valence-corrected chi connectivity index (χ2v) is 11.3. The number of thioether (sulfide) groups is 2. The van der Waals surface area contributed by atoms with Gasteiger partial charge in [-0.15, -0.1) is 16.9 Å². The molecule has 0 aliphatic carbocycles. The van der Waals surface area contributed by atoms with Crippen LogP contribution in [0.3, 0.4) is 0 Å². The van der Waals surface area contributed by atoms with Crippen LogP contribution in [0, 0.1) is 0 Å². The smallest absolute Gasteiger partial charge is 0.352 e. The third-order valence-electron chi connectivity index (χ3n) is 6.51. The Morgan fingerprint density at radius 1 is 1.12 bits per heavy atom. The van der Waals surface area contributed by atoms with Gasteiger partial charge in [0.25, 0.3) is 11.8 Å². The number of aromatic hydroxyl groups is 3. The van der Waals surface area contributed by atoms with Gasteiger partial charge in [-0.2, -0.15) is 0 Å². The van der Waals surface area contributed by atoms with Crippen LogP contribution in [0.5, 0.6) is 17.2 Å². The van der Waals surface area contributed by atoms with Crippen LogP contribution < -0.4 is 10.6 Å². The van der Waals surface area contributed by atoms with Gasteiger partial charge >= 0.3 is 5.97 Å². The third kappa shape index (κ3) is 5.55. The normalized spacial score (nSPS) is 18.6. The summed E-state index contributed by atoms with van der Waals surface area (Å²) in [5.41, 5.74) is 0.577. The molecule has 3 heterocycles. The summed E-state index contributed by atoms with van der Waals surface area (Å²) in [6.45, 7) is 0. The Morgan fingerprint density at radius 2 is 1.86 bits per heavy atom. The zero-order chi connectivity index (χ0) is 30.1. The maximum Gasteiger partial charge on any atom is 0.352 e. The Morgan fingerprint density at radius 3 is 2.50 bits per heavy atom. The summed E-state index contributed by atoms with van der Waals surface area (Å²) in [5.74, 6) is -3.95. The van der Waals surface area contributed by atoms with Gasteiger partial charge in [-0.3, -0.25) is 19.3 Å². The molecule has 0 radical (unpaired) electrons. The number of phenolic OH excluding ortho intramolecular Hbond substituents is 3. The number of carbonyl (C=O) groups is 4. The van der Waals surface area contributed by atoms with E-state index in [9.17, 15) is 39.6 Å². The minimum Gasteiger partial charge on any atom is -0.508 e. The number of aromatic nitrogens is 4. The van der Waals surface area contributed by atoms with Gasteiger partial charge in [-0.25, -0.2) is 9.48 Å². The SMILES string of the molecule is Cn1nnnc1SCC1=C(C(=O)O)N2C(=O)C(NC(=O)C(NC(=O)c3ccc(O)c(O)c3)c3ccc(O)cc3)[C@@H]2SC1. The van der Waals surface area contributed by atoms with Crippen molar-refractivity contribution >= 4 is 47.2 Å². The van der Waals surface area contributed by atoms with Crippen molar-refractivity contribution in [3.8, 4) is 17.2 Å². The number of benzene rings is 2. The van der Waals surface area contributed by atoms with E-state index in [4.69, 9.17) is 0 Å². The Hall–Kier alpha value is -4.77. The van der Waals surface area contributed by atoms with Gasteiger partial charge in [0.15, 0.2) is 11.5 Å². The molecule has 1 fully saturated rings. The molecule has 218 valence electrons. The number of carboxylic acids is 1. The average molecular weight is 614 g/mol. The van der Waals surface area contributed by atoms with Crippen LogP contribution in [0.25, 0.3) is 0 Å². The van der Waals surface area contributed by atoms with Crippen LogP contribution in [-0.4, -0.2) is 92.1 Å². The van der Waals surface area contributed by atoms with Crippen LogP contribution >= 0.6 is 23.5 Å². The number of phenols is 3. The molecule has 42 heavy (non-hydrogen) atoms. The number of aliphatic carboxylic acids is 1. The number of amides is 3. The fourth-order valence-electron chi connectivity index (χ4n) is 4.37. The summed E-state index contributed by atoms with van der Waals surface area (Å²) in [7, 11) is 1.65. The van der Waals surface area contributed by atoms with E-state index in [0.717, 1.165) is 17.0 Å². The highest BCUT2D eigenvalue weighted by Gasteiger charge is 2.54. The van der Waals surface area contributed by atoms with E-state index in [2.05, 4.69) is 26.2 Å². The molecule has 3 atom stereocenters. The molecule has 3 aromatic rings.